The molecule has 2 rings (SSSR count). The van der Waals surface area contributed by atoms with E-state index in [0.717, 1.165) is 0 Å². The Morgan fingerprint density at radius 3 is 2.65 bits per heavy atom. The number of para-hydroxylation sites is 1. The van der Waals surface area contributed by atoms with Crippen LogP contribution >= 0.6 is 23.2 Å². The molecule has 0 aliphatic heterocycles. The molecule has 1 heterocycles. The number of hydrogen-bond donors (Lipinski definition) is 0. The molecule has 0 aliphatic rings. The van der Waals surface area contributed by atoms with Gasteiger partial charge in [0.25, 0.3) is 5.69 Å². The van der Waals surface area contributed by atoms with Gasteiger partial charge in [-0.1, -0.05) is 35.3 Å². The van der Waals surface area contributed by atoms with E-state index in [1.807, 2.05) is 0 Å². The van der Waals surface area contributed by atoms with Gasteiger partial charge < -0.3 is 0 Å². The lowest BCUT2D eigenvalue weighted by atomic mass is 10.0. The van der Waals surface area contributed by atoms with Gasteiger partial charge in [-0.15, -0.1) is 0 Å². The number of pyridine rings is 1. The number of carbonyl (C=O) groups excluding carboxylic acids is 1. The highest BCUT2D eigenvalue weighted by molar-refractivity contribution is 6.34. The minimum atomic E-state index is -0.588. The summed E-state index contributed by atoms with van der Waals surface area (Å²) < 4.78 is 0. The average Bonchev–Trinajstić information content (AvgIpc) is 2.41. The maximum Gasteiger partial charge on any atom is 0.280 e. The molecule has 0 N–H and O–H groups in total. The summed E-state index contributed by atoms with van der Waals surface area (Å²) in [6.07, 6.45) is 1.31. The number of ketones is 1. The van der Waals surface area contributed by atoms with Gasteiger partial charge >= 0.3 is 0 Å². The summed E-state index contributed by atoms with van der Waals surface area (Å²) in [5.74, 6) is -0.400. The first-order valence-electron chi connectivity index (χ1n) is 5.55. The van der Waals surface area contributed by atoms with Gasteiger partial charge in [0.05, 0.1) is 10.5 Å². The van der Waals surface area contributed by atoms with E-state index < -0.39 is 10.7 Å². The lowest BCUT2D eigenvalue weighted by molar-refractivity contribution is -0.385. The van der Waals surface area contributed by atoms with Crippen molar-refractivity contribution in [3.63, 3.8) is 0 Å². The van der Waals surface area contributed by atoms with Crippen molar-refractivity contribution >= 4 is 34.7 Å². The number of carbonyl (C=O) groups is 1. The van der Waals surface area contributed by atoms with Crippen LogP contribution < -0.4 is 0 Å². The van der Waals surface area contributed by atoms with Gasteiger partial charge in [0.2, 0.25) is 0 Å². The Hall–Kier alpha value is -1.98. The number of nitro groups is 1. The summed E-state index contributed by atoms with van der Waals surface area (Å²) in [5.41, 5.74) is 0.290. The number of nitro benzene ring substituents is 1. The third kappa shape index (κ3) is 3.12. The molecule has 0 saturated carbocycles. The van der Waals surface area contributed by atoms with Crippen LogP contribution in [0.4, 0.5) is 5.69 Å². The lowest BCUT2D eigenvalue weighted by Crippen LogP contribution is -2.07. The van der Waals surface area contributed by atoms with Crippen molar-refractivity contribution in [1.29, 1.82) is 0 Å². The second-order valence-electron chi connectivity index (χ2n) is 3.97. The quantitative estimate of drug-likeness (QED) is 0.373. The van der Waals surface area contributed by atoms with Crippen molar-refractivity contribution in [2.24, 2.45) is 0 Å². The van der Waals surface area contributed by atoms with Crippen LogP contribution in [0.2, 0.25) is 10.2 Å². The summed E-state index contributed by atoms with van der Waals surface area (Å²) in [7, 11) is 0. The highest BCUT2D eigenvalue weighted by Gasteiger charge is 2.20. The topological polar surface area (TPSA) is 73.1 Å². The van der Waals surface area contributed by atoms with Crippen LogP contribution in [-0.2, 0) is 6.42 Å². The molecule has 0 aliphatic carbocycles. The van der Waals surface area contributed by atoms with Crippen LogP contribution in [0.15, 0.2) is 36.5 Å². The second-order valence-corrected chi connectivity index (χ2v) is 4.77. The minimum absolute atomic E-state index is 0.0449. The Morgan fingerprint density at radius 2 is 2.00 bits per heavy atom. The summed E-state index contributed by atoms with van der Waals surface area (Å²) >= 11 is 11.6. The van der Waals surface area contributed by atoms with Crippen LogP contribution in [0, 0.1) is 10.1 Å². The van der Waals surface area contributed by atoms with Gasteiger partial charge in [-0.05, 0) is 17.7 Å². The zero-order valence-electron chi connectivity index (χ0n) is 10.0. The van der Waals surface area contributed by atoms with Crippen molar-refractivity contribution in [2.75, 3.05) is 0 Å². The number of aromatic nitrogens is 1. The van der Waals surface area contributed by atoms with E-state index in [1.54, 1.807) is 6.07 Å². The third-order valence-corrected chi connectivity index (χ3v) is 3.21. The standard InChI is InChI=1S/C13H8Cl2N2O3/c14-10-6-13(15)16-7-8(10)5-12(18)9-3-1-2-4-11(9)17(19)20/h1-4,6-7H,5H2. The molecule has 2 aromatic rings. The number of Topliss-reactive ketones (excluding diaryl/α,β-unsaturated/α-hetero) is 1. The summed E-state index contributed by atoms with van der Waals surface area (Å²) in [6.45, 7) is 0. The Labute approximate surface area is 124 Å². The first-order valence-corrected chi connectivity index (χ1v) is 6.31. The molecule has 1 aromatic carbocycles. The predicted octanol–water partition coefficient (Wildman–Crippen LogP) is 3.72. The SMILES string of the molecule is O=C(Cc1cnc(Cl)cc1Cl)c1ccccc1[N+](=O)[O-]. The van der Waals surface area contributed by atoms with Crippen molar-refractivity contribution < 1.29 is 9.72 Å². The Bertz CT molecular complexity index is 689. The van der Waals surface area contributed by atoms with Crippen LogP contribution in [0.3, 0.4) is 0 Å². The first-order chi connectivity index (χ1) is 9.49. The highest BCUT2D eigenvalue weighted by Crippen LogP contribution is 2.23. The van der Waals surface area contributed by atoms with Gasteiger partial charge in [-0.25, -0.2) is 4.98 Å². The minimum Gasteiger partial charge on any atom is -0.294 e. The molecular formula is C13H8Cl2N2O3. The van der Waals surface area contributed by atoms with Crippen molar-refractivity contribution in [2.45, 2.75) is 6.42 Å². The summed E-state index contributed by atoms with van der Waals surface area (Å²) in [6, 6.07) is 7.20. The maximum atomic E-state index is 12.2. The van der Waals surface area contributed by atoms with Crippen molar-refractivity contribution in [1.82, 2.24) is 4.98 Å². The van der Waals surface area contributed by atoms with E-state index in [2.05, 4.69) is 4.98 Å². The fourth-order valence-corrected chi connectivity index (χ4v) is 2.14. The Morgan fingerprint density at radius 1 is 1.30 bits per heavy atom. The van der Waals surface area contributed by atoms with Gasteiger partial charge in [-0.2, -0.15) is 0 Å². The molecule has 0 unspecified atom stereocenters. The number of rotatable bonds is 4. The van der Waals surface area contributed by atoms with Crippen LogP contribution in [0.5, 0.6) is 0 Å². The van der Waals surface area contributed by atoms with Crippen molar-refractivity contribution in [3.05, 3.63) is 67.9 Å². The van der Waals surface area contributed by atoms with E-state index in [9.17, 15) is 14.9 Å². The second kappa shape index (κ2) is 5.98. The molecule has 5 nitrogen and oxygen atoms in total. The van der Waals surface area contributed by atoms with E-state index in [-0.39, 0.29) is 22.8 Å². The zero-order valence-corrected chi connectivity index (χ0v) is 11.6. The molecule has 0 atom stereocenters. The van der Waals surface area contributed by atoms with E-state index in [1.165, 1.54) is 30.5 Å². The molecule has 1 aromatic heterocycles. The predicted molar refractivity (Wildman–Crippen MR) is 75.4 cm³/mol. The number of nitrogens with zero attached hydrogens (tertiary/aromatic N) is 2. The molecule has 102 valence electrons. The fourth-order valence-electron chi connectivity index (χ4n) is 1.70. The molecular weight excluding hydrogens is 303 g/mol. The van der Waals surface area contributed by atoms with E-state index >= 15 is 0 Å². The van der Waals surface area contributed by atoms with Gasteiger partial charge in [-0.3, -0.25) is 14.9 Å². The fraction of sp³-hybridized carbons (Fsp3) is 0.0769. The molecule has 0 bridgehead atoms. The third-order valence-electron chi connectivity index (χ3n) is 2.65. The number of benzene rings is 1. The van der Waals surface area contributed by atoms with Gasteiger partial charge in [0.15, 0.2) is 5.78 Å². The maximum absolute atomic E-state index is 12.2. The first kappa shape index (κ1) is 14.4. The number of halogens is 2. The average molecular weight is 311 g/mol. The Kier molecular flexibility index (Phi) is 4.32. The molecule has 0 radical (unpaired) electrons. The smallest absolute Gasteiger partial charge is 0.280 e. The lowest BCUT2D eigenvalue weighted by Gasteiger charge is -2.04. The highest BCUT2D eigenvalue weighted by atomic mass is 35.5. The van der Waals surface area contributed by atoms with Gasteiger partial charge in [0, 0.05) is 23.7 Å². The number of hydrogen-bond acceptors (Lipinski definition) is 4. The summed E-state index contributed by atoms with van der Waals surface area (Å²) in [4.78, 5) is 26.3. The van der Waals surface area contributed by atoms with Crippen LogP contribution in [0.25, 0.3) is 0 Å². The normalized spacial score (nSPS) is 10.3. The summed E-state index contributed by atoms with van der Waals surface area (Å²) in [5, 5.41) is 11.4. The molecule has 0 amide bonds. The largest absolute Gasteiger partial charge is 0.294 e. The monoisotopic (exact) mass is 310 g/mol. The molecule has 20 heavy (non-hydrogen) atoms. The Balaban J connectivity index is 2.31. The molecule has 0 fully saturated rings. The molecule has 7 heteroatoms. The van der Waals surface area contributed by atoms with Crippen LogP contribution in [-0.4, -0.2) is 15.7 Å². The van der Waals surface area contributed by atoms with E-state index in [4.69, 9.17) is 23.2 Å². The van der Waals surface area contributed by atoms with Gasteiger partial charge in [0.1, 0.15) is 5.15 Å². The van der Waals surface area contributed by atoms with E-state index in [0.29, 0.717) is 10.6 Å². The zero-order chi connectivity index (χ0) is 14.7. The molecule has 0 saturated heterocycles. The molecule has 0 spiro atoms. The van der Waals surface area contributed by atoms with Crippen molar-refractivity contribution in [3.8, 4) is 0 Å². The van der Waals surface area contributed by atoms with Crippen LogP contribution in [0.1, 0.15) is 15.9 Å².